The van der Waals surface area contributed by atoms with Crippen LogP contribution in [-0.2, 0) is 4.74 Å². The molecule has 0 aliphatic carbocycles. The van der Waals surface area contributed by atoms with Crippen LogP contribution >= 0.6 is 12.2 Å². The van der Waals surface area contributed by atoms with Gasteiger partial charge >= 0.3 is 0 Å². The molecule has 2 fully saturated rings. The molecule has 0 aromatic rings. The number of hydrogen-bond donors (Lipinski definition) is 1. The minimum Gasteiger partial charge on any atom is -0.381 e. The van der Waals surface area contributed by atoms with Crippen molar-refractivity contribution in [3.05, 3.63) is 0 Å². The predicted molar refractivity (Wildman–Crippen MR) is 63.8 cm³/mol. The molecule has 0 bridgehead atoms. The van der Waals surface area contributed by atoms with Gasteiger partial charge in [0.15, 0.2) is 5.11 Å². The largest absolute Gasteiger partial charge is 0.381 e. The first-order chi connectivity index (χ1) is 7.27. The fourth-order valence-corrected chi connectivity index (χ4v) is 2.54. The van der Waals surface area contributed by atoms with Gasteiger partial charge in [-0.15, -0.1) is 0 Å². The summed E-state index contributed by atoms with van der Waals surface area (Å²) in [7, 11) is 0. The Balaban J connectivity index is 1.79. The maximum atomic E-state index is 5.61. The van der Waals surface area contributed by atoms with Gasteiger partial charge in [-0.05, 0) is 25.1 Å². The molecule has 4 nitrogen and oxygen atoms in total. The lowest BCUT2D eigenvalue weighted by molar-refractivity contribution is 0.0219. The zero-order valence-corrected chi connectivity index (χ0v) is 9.84. The van der Waals surface area contributed by atoms with Gasteiger partial charge in [0.1, 0.15) is 0 Å². The van der Waals surface area contributed by atoms with E-state index in [0.29, 0.717) is 11.2 Å². The summed E-state index contributed by atoms with van der Waals surface area (Å²) in [6.07, 6.45) is 2.35. The highest BCUT2D eigenvalue weighted by molar-refractivity contribution is 7.80. The van der Waals surface area contributed by atoms with Crippen LogP contribution in [0, 0.1) is 0 Å². The Bertz CT molecular complexity index is 223. The zero-order chi connectivity index (χ0) is 10.7. The quantitative estimate of drug-likeness (QED) is 0.642. The molecule has 0 spiro atoms. The molecule has 0 unspecified atom stereocenters. The Kier molecular flexibility index (Phi) is 3.77. The zero-order valence-electron chi connectivity index (χ0n) is 9.02. The van der Waals surface area contributed by atoms with E-state index in [1.54, 1.807) is 0 Å². The van der Waals surface area contributed by atoms with Crippen LogP contribution in [0.5, 0.6) is 0 Å². The Labute approximate surface area is 96.3 Å². The fourth-order valence-electron chi connectivity index (χ4n) is 2.36. The van der Waals surface area contributed by atoms with Crippen LogP contribution in [-0.4, -0.2) is 60.3 Å². The van der Waals surface area contributed by atoms with Crippen LogP contribution in [0.2, 0.25) is 0 Å². The molecule has 2 saturated heterocycles. The molecule has 86 valence electrons. The summed E-state index contributed by atoms with van der Waals surface area (Å²) in [5.74, 6) is 0. The Morgan fingerprint density at radius 2 is 1.73 bits per heavy atom. The monoisotopic (exact) mass is 229 g/mol. The number of nitrogens with two attached hydrogens (primary N) is 1. The first-order valence-corrected chi connectivity index (χ1v) is 6.04. The molecule has 2 rings (SSSR count). The average molecular weight is 229 g/mol. The number of nitrogens with zero attached hydrogens (tertiary/aromatic N) is 2. The van der Waals surface area contributed by atoms with Crippen LogP contribution in [0.15, 0.2) is 0 Å². The highest BCUT2D eigenvalue weighted by Crippen LogP contribution is 2.16. The summed E-state index contributed by atoms with van der Waals surface area (Å²) >= 11 is 4.98. The SMILES string of the molecule is NC(=S)N1CCN(C2CCOCC2)CC1. The first kappa shape index (κ1) is 11.1. The molecule has 2 heterocycles. The minimum atomic E-state index is 0.543. The van der Waals surface area contributed by atoms with Crippen molar-refractivity contribution in [2.45, 2.75) is 18.9 Å². The molecule has 0 amide bonds. The molecule has 2 aliphatic rings. The van der Waals surface area contributed by atoms with E-state index < -0.39 is 0 Å². The van der Waals surface area contributed by atoms with Crippen LogP contribution in [0.1, 0.15) is 12.8 Å². The summed E-state index contributed by atoms with van der Waals surface area (Å²) in [5.41, 5.74) is 5.61. The molecule has 2 N–H and O–H groups in total. The third kappa shape index (κ3) is 2.80. The van der Waals surface area contributed by atoms with E-state index in [2.05, 4.69) is 9.80 Å². The van der Waals surface area contributed by atoms with Gasteiger partial charge in [-0.1, -0.05) is 0 Å². The molecular weight excluding hydrogens is 210 g/mol. The van der Waals surface area contributed by atoms with Gasteiger partial charge in [0.25, 0.3) is 0 Å². The second-order valence-electron chi connectivity index (χ2n) is 4.20. The summed E-state index contributed by atoms with van der Waals surface area (Å²) in [6, 6.07) is 0.715. The van der Waals surface area contributed by atoms with Crippen LogP contribution in [0.3, 0.4) is 0 Å². The van der Waals surface area contributed by atoms with Crippen molar-refractivity contribution in [1.29, 1.82) is 0 Å². The van der Waals surface area contributed by atoms with E-state index in [4.69, 9.17) is 22.7 Å². The van der Waals surface area contributed by atoms with Gasteiger partial charge < -0.3 is 15.4 Å². The highest BCUT2D eigenvalue weighted by atomic mass is 32.1. The average Bonchev–Trinajstić information content (AvgIpc) is 2.30. The summed E-state index contributed by atoms with van der Waals surface area (Å²) in [6.45, 7) is 5.96. The maximum absolute atomic E-state index is 5.61. The molecule has 0 saturated carbocycles. The Hall–Kier alpha value is -0.390. The van der Waals surface area contributed by atoms with E-state index >= 15 is 0 Å². The number of thiocarbonyl (C=S) groups is 1. The molecular formula is C10H19N3OS. The second kappa shape index (κ2) is 5.09. The van der Waals surface area contributed by atoms with Crippen molar-refractivity contribution >= 4 is 17.3 Å². The molecule has 0 aromatic carbocycles. The summed E-state index contributed by atoms with van der Waals surface area (Å²) in [5, 5.41) is 0.543. The normalized spacial score (nSPS) is 25.5. The molecule has 5 heteroatoms. The van der Waals surface area contributed by atoms with E-state index in [1.807, 2.05) is 0 Å². The first-order valence-electron chi connectivity index (χ1n) is 5.63. The van der Waals surface area contributed by atoms with E-state index in [0.717, 1.165) is 39.4 Å². The van der Waals surface area contributed by atoms with Crippen molar-refractivity contribution < 1.29 is 4.74 Å². The summed E-state index contributed by atoms with van der Waals surface area (Å²) in [4.78, 5) is 4.64. The predicted octanol–water partition coefficient (Wildman–Crippen LogP) is 0.0266. The van der Waals surface area contributed by atoms with E-state index in [1.165, 1.54) is 12.8 Å². The molecule has 15 heavy (non-hydrogen) atoms. The van der Waals surface area contributed by atoms with E-state index in [-0.39, 0.29) is 0 Å². The summed E-state index contributed by atoms with van der Waals surface area (Å²) < 4.78 is 5.37. The van der Waals surface area contributed by atoms with E-state index in [9.17, 15) is 0 Å². The molecule has 0 atom stereocenters. The van der Waals surface area contributed by atoms with Crippen molar-refractivity contribution in [2.24, 2.45) is 5.73 Å². The highest BCUT2D eigenvalue weighted by Gasteiger charge is 2.25. The van der Waals surface area contributed by atoms with Gasteiger partial charge in [0.2, 0.25) is 0 Å². The second-order valence-corrected chi connectivity index (χ2v) is 4.62. The van der Waals surface area contributed by atoms with Crippen LogP contribution in [0.25, 0.3) is 0 Å². The minimum absolute atomic E-state index is 0.543. The van der Waals surface area contributed by atoms with Gasteiger partial charge in [0, 0.05) is 45.4 Å². The topological polar surface area (TPSA) is 41.7 Å². The Morgan fingerprint density at radius 1 is 1.13 bits per heavy atom. The lowest BCUT2D eigenvalue weighted by atomic mass is 10.1. The van der Waals surface area contributed by atoms with Crippen molar-refractivity contribution in [1.82, 2.24) is 9.80 Å². The van der Waals surface area contributed by atoms with Gasteiger partial charge in [-0.25, -0.2) is 0 Å². The van der Waals surface area contributed by atoms with Gasteiger partial charge in [0.05, 0.1) is 0 Å². The molecule has 0 aromatic heterocycles. The van der Waals surface area contributed by atoms with Crippen LogP contribution in [0.4, 0.5) is 0 Å². The molecule has 0 radical (unpaired) electrons. The number of hydrogen-bond acceptors (Lipinski definition) is 3. The molecule has 2 aliphatic heterocycles. The van der Waals surface area contributed by atoms with Crippen molar-refractivity contribution in [3.8, 4) is 0 Å². The maximum Gasteiger partial charge on any atom is 0.166 e. The standard InChI is InChI=1S/C10H19N3OS/c11-10(15)13-5-3-12(4-6-13)9-1-7-14-8-2-9/h9H,1-8H2,(H2,11,15). The third-order valence-corrected chi connectivity index (χ3v) is 3.59. The van der Waals surface area contributed by atoms with Gasteiger partial charge in [-0.3, -0.25) is 4.90 Å². The number of ether oxygens (including phenoxy) is 1. The fraction of sp³-hybridized carbons (Fsp3) is 0.900. The van der Waals surface area contributed by atoms with Crippen molar-refractivity contribution in [2.75, 3.05) is 39.4 Å². The Morgan fingerprint density at radius 3 is 2.27 bits per heavy atom. The lowest BCUT2D eigenvalue weighted by Crippen LogP contribution is -2.54. The number of rotatable bonds is 1. The van der Waals surface area contributed by atoms with Crippen molar-refractivity contribution in [3.63, 3.8) is 0 Å². The third-order valence-electron chi connectivity index (χ3n) is 3.33. The number of piperazine rings is 1. The smallest absolute Gasteiger partial charge is 0.166 e. The lowest BCUT2D eigenvalue weighted by Gasteiger charge is -2.40. The van der Waals surface area contributed by atoms with Crippen LogP contribution < -0.4 is 5.73 Å². The van der Waals surface area contributed by atoms with Gasteiger partial charge in [-0.2, -0.15) is 0 Å².